The molecule has 0 saturated carbocycles. The molecule has 1 saturated heterocycles. The minimum Gasteiger partial charge on any atom is -0.365 e. The Kier molecular flexibility index (Phi) is 4.63. The van der Waals surface area contributed by atoms with Gasteiger partial charge in [0.05, 0.1) is 11.7 Å². The van der Waals surface area contributed by atoms with Crippen LogP contribution in [-0.4, -0.2) is 49.0 Å². The van der Waals surface area contributed by atoms with Crippen molar-refractivity contribution in [3.8, 4) is 11.4 Å². The highest BCUT2D eigenvalue weighted by Crippen LogP contribution is 2.26. The summed E-state index contributed by atoms with van der Waals surface area (Å²) in [7, 11) is 0. The number of nitrogens with zero attached hydrogens (tertiary/aromatic N) is 6. The summed E-state index contributed by atoms with van der Waals surface area (Å²) >= 11 is 0. The van der Waals surface area contributed by atoms with Crippen LogP contribution in [0.15, 0.2) is 55.4 Å². The zero-order valence-corrected chi connectivity index (χ0v) is 15.6. The van der Waals surface area contributed by atoms with E-state index in [1.54, 1.807) is 30.9 Å². The van der Waals surface area contributed by atoms with Gasteiger partial charge in [0.15, 0.2) is 5.82 Å². The molecular formula is C20H19N9. The molecule has 0 aromatic carbocycles. The number of hydrogen-bond donors (Lipinski definition) is 3. The molecule has 9 nitrogen and oxygen atoms in total. The van der Waals surface area contributed by atoms with E-state index in [1.807, 2.05) is 18.2 Å². The summed E-state index contributed by atoms with van der Waals surface area (Å²) in [6.07, 6.45) is 9.48. The normalized spacial score (nSPS) is 16.1. The molecular weight excluding hydrogens is 366 g/mol. The maximum Gasteiger partial charge on any atom is 0.162 e. The molecule has 144 valence electrons. The Morgan fingerprint density at radius 1 is 0.966 bits per heavy atom. The highest BCUT2D eigenvalue weighted by Gasteiger charge is 2.17. The molecule has 1 fully saturated rings. The maximum absolute atomic E-state index is 4.82. The van der Waals surface area contributed by atoms with Crippen molar-refractivity contribution >= 4 is 28.4 Å². The van der Waals surface area contributed by atoms with Gasteiger partial charge in [-0.1, -0.05) is 0 Å². The van der Waals surface area contributed by atoms with Crippen LogP contribution in [0, 0.1) is 0 Å². The second kappa shape index (κ2) is 7.72. The molecule has 1 aliphatic rings. The average molecular weight is 385 g/mol. The quantitative estimate of drug-likeness (QED) is 0.476. The van der Waals surface area contributed by atoms with E-state index < -0.39 is 0 Å². The molecule has 0 amide bonds. The summed E-state index contributed by atoms with van der Waals surface area (Å²) in [4.78, 5) is 26.2. The fraction of sp³-hybridized carbons (Fsp3) is 0.200. The van der Waals surface area contributed by atoms with Gasteiger partial charge in [0.25, 0.3) is 0 Å². The van der Waals surface area contributed by atoms with E-state index in [9.17, 15) is 0 Å². The van der Waals surface area contributed by atoms with Crippen molar-refractivity contribution < 1.29 is 0 Å². The Morgan fingerprint density at radius 2 is 1.93 bits per heavy atom. The van der Waals surface area contributed by atoms with Crippen LogP contribution in [0.1, 0.15) is 6.42 Å². The first-order chi connectivity index (χ1) is 14.3. The molecule has 29 heavy (non-hydrogen) atoms. The fourth-order valence-corrected chi connectivity index (χ4v) is 3.32. The lowest BCUT2D eigenvalue weighted by molar-refractivity contribution is 0.789. The van der Waals surface area contributed by atoms with Crippen molar-refractivity contribution in [3.05, 3.63) is 55.4 Å². The third-order valence-corrected chi connectivity index (χ3v) is 4.76. The van der Waals surface area contributed by atoms with Crippen LogP contribution in [0.25, 0.3) is 22.3 Å². The molecule has 0 unspecified atom stereocenters. The van der Waals surface area contributed by atoms with Crippen molar-refractivity contribution in [2.75, 3.05) is 23.7 Å². The van der Waals surface area contributed by atoms with Gasteiger partial charge in [-0.15, -0.1) is 0 Å². The van der Waals surface area contributed by atoms with E-state index in [-0.39, 0.29) is 0 Å². The molecule has 0 spiro atoms. The van der Waals surface area contributed by atoms with Gasteiger partial charge in [0.2, 0.25) is 0 Å². The molecule has 0 bridgehead atoms. The standard InChI is InChI=1S/C20H19N9/c1-8-24-18(28-17-4-7-23-12-25-17)9-13(1)19-27-16-11-22-6-3-15(16)20(29-19)26-14-2-5-21-10-14/h1,3-4,6-9,11-12,14,21H,2,5,10H2,(H,26,27,29)(H,23,24,25,28)/t14-/m1/s1. The van der Waals surface area contributed by atoms with Crippen LogP contribution < -0.4 is 16.0 Å². The molecule has 9 heteroatoms. The largest absolute Gasteiger partial charge is 0.365 e. The van der Waals surface area contributed by atoms with Crippen LogP contribution in [0.3, 0.4) is 0 Å². The van der Waals surface area contributed by atoms with Crippen LogP contribution in [0.2, 0.25) is 0 Å². The van der Waals surface area contributed by atoms with Crippen molar-refractivity contribution in [1.82, 2.24) is 35.2 Å². The van der Waals surface area contributed by atoms with Crippen molar-refractivity contribution in [2.24, 2.45) is 0 Å². The lowest BCUT2D eigenvalue weighted by atomic mass is 10.2. The summed E-state index contributed by atoms with van der Waals surface area (Å²) in [6, 6.07) is 7.87. The zero-order chi connectivity index (χ0) is 19.5. The summed E-state index contributed by atoms with van der Waals surface area (Å²) in [5.41, 5.74) is 1.66. The molecule has 4 aromatic heterocycles. The Labute approximate surface area is 167 Å². The van der Waals surface area contributed by atoms with Crippen LogP contribution in [-0.2, 0) is 0 Å². The number of anilines is 3. The number of pyridine rings is 2. The maximum atomic E-state index is 4.82. The van der Waals surface area contributed by atoms with Crippen LogP contribution >= 0.6 is 0 Å². The van der Waals surface area contributed by atoms with E-state index in [4.69, 9.17) is 9.97 Å². The predicted molar refractivity (Wildman–Crippen MR) is 111 cm³/mol. The van der Waals surface area contributed by atoms with Gasteiger partial charge in [0.1, 0.15) is 23.8 Å². The summed E-state index contributed by atoms with van der Waals surface area (Å²) in [6.45, 7) is 1.94. The third-order valence-electron chi connectivity index (χ3n) is 4.76. The molecule has 5 heterocycles. The molecule has 1 aliphatic heterocycles. The molecule has 5 rings (SSSR count). The van der Waals surface area contributed by atoms with Crippen LogP contribution in [0.5, 0.6) is 0 Å². The molecule has 1 atom stereocenters. The fourth-order valence-electron chi connectivity index (χ4n) is 3.32. The number of rotatable bonds is 5. The Balaban J connectivity index is 1.52. The van der Waals surface area contributed by atoms with E-state index >= 15 is 0 Å². The monoisotopic (exact) mass is 385 g/mol. The van der Waals surface area contributed by atoms with E-state index in [1.165, 1.54) is 6.33 Å². The second-order valence-corrected chi connectivity index (χ2v) is 6.77. The lowest BCUT2D eigenvalue weighted by Gasteiger charge is -2.15. The van der Waals surface area contributed by atoms with Crippen molar-refractivity contribution in [1.29, 1.82) is 0 Å². The SMILES string of the molecule is c1cc(Nc2cc(-c3nc(N[C@@H]4CCNC4)c4ccncc4n3)ccn2)ncn1. The minimum atomic E-state index is 0.349. The lowest BCUT2D eigenvalue weighted by Crippen LogP contribution is -2.23. The highest BCUT2D eigenvalue weighted by atomic mass is 15.1. The van der Waals surface area contributed by atoms with Gasteiger partial charge in [-0.05, 0) is 37.2 Å². The number of aromatic nitrogens is 6. The first-order valence-electron chi connectivity index (χ1n) is 9.44. The van der Waals surface area contributed by atoms with Gasteiger partial charge >= 0.3 is 0 Å². The third kappa shape index (κ3) is 3.81. The minimum absolute atomic E-state index is 0.349. The predicted octanol–water partition coefficient (Wildman–Crippen LogP) is 2.39. The molecule has 0 radical (unpaired) electrons. The number of fused-ring (bicyclic) bond motifs is 1. The summed E-state index contributed by atoms with van der Waals surface area (Å²) in [5.74, 6) is 2.77. The summed E-state index contributed by atoms with van der Waals surface area (Å²) in [5, 5.41) is 11.1. The number of nitrogens with one attached hydrogen (secondary N) is 3. The molecule has 0 aliphatic carbocycles. The van der Waals surface area contributed by atoms with Gasteiger partial charge in [-0.2, -0.15) is 0 Å². The molecule has 3 N–H and O–H groups in total. The Morgan fingerprint density at radius 3 is 2.79 bits per heavy atom. The molecule has 4 aromatic rings. The Bertz CT molecular complexity index is 1130. The first-order valence-corrected chi connectivity index (χ1v) is 9.44. The number of hydrogen-bond acceptors (Lipinski definition) is 9. The van der Waals surface area contributed by atoms with Gasteiger partial charge in [-0.25, -0.2) is 24.9 Å². The van der Waals surface area contributed by atoms with Gasteiger partial charge in [-0.3, -0.25) is 4.98 Å². The van der Waals surface area contributed by atoms with Gasteiger partial charge in [0, 0.05) is 42.1 Å². The van der Waals surface area contributed by atoms with Crippen molar-refractivity contribution in [2.45, 2.75) is 12.5 Å². The highest BCUT2D eigenvalue weighted by molar-refractivity contribution is 5.90. The van der Waals surface area contributed by atoms with E-state index in [0.717, 1.165) is 41.8 Å². The second-order valence-electron chi connectivity index (χ2n) is 6.77. The van der Waals surface area contributed by atoms with E-state index in [2.05, 4.69) is 35.9 Å². The first kappa shape index (κ1) is 17.4. The average Bonchev–Trinajstić information content (AvgIpc) is 3.28. The van der Waals surface area contributed by atoms with Crippen LogP contribution in [0.4, 0.5) is 17.5 Å². The topological polar surface area (TPSA) is 113 Å². The van der Waals surface area contributed by atoms with E-state index in [0.29, 0.717) is 23.5 Å². The Hall–Kier alpha value is -3.72. The zero-order valence-electron chi connectivity index (χ0n) is 15.6. The summed E-state index contributed by atoms with van der Waals surface area (Å²) < 4.78 is 0. The smallest absolute Gasteiger partial charge is 0.162 e. The van der Waals surface area contributed by atoms with Gasteiger partial charge < -0.3 is 16.0 Å². The van der Waals surface area contributed by atoms with Crippen molar-refractivity contribution in [3.63, 3.8) is 0 Å².